The molecule has 0 aliphatic carbocycles. The van der Waals surface area contributed by atoms with Crippen molar-refractivity contribution in [3.63, 3.8) is 0 Å². The lowest BCUT2D eigenvalue weighted by atomic mass is 9.86. The van der Waals surface area contributed by atoms with Gasteiger partial charge in [0.2, 0.25) is 17.6 Å². The number of benzene rings is 1. The molecule has 1 aromatic carbocycles. The van der Waals surface area contributed by atoms with Crippen molar-refractivity contribution in [3.8, 4) is 17.1 Å². The summed E-state index contributed by atoms with van der Waals surface area (Å²) < 4.78 is 62.9. The van der Waals surface area contributed by atoms with Crippen molar-refractivity contribution in [2.75, 3.05) is 13.2 Å². The summed E-state index contributed by atoms with van der Waals surface area (Å²) in [5.74, 6) is -3.58. The first-order valence-electron chi connectivity index (χ1n) is 9.46. The molecule has 0 unspecified atom stereocenters. The fraction of sp³-hybridized carbons (Fsp3) is 0.474. The molecule has 166 valence electrons. The Bertz CT molecular complexity index is 1050. The number of halogens is 4. The van der Waals surface area contributed by atoms with Crippen LogP contribution in [0.15, 0.2) is 16.7 Å². The van der Waals surface area contributed by atoms with Crippen LogP contribution in [0.1, 0.15) is 31.7 Å². The summed E-state index contributed by atoms with van der Waals surface area (Å²) in [5, 5.41) is 5.89. The van der Waals surface area contributed by atoms with Gasteiger partial charge in [0.25, 0.3) is 0 Å². The average molecular weight is 442 g/mol. The Hall–Kier alpha value is -3.18. The van der Waals surface area contributed by atoms with Crippen LogP contribution in [-0.2, 0) is 22.3 Å². The molecule has 0 spiro atoms. The van der Waals surface area contributed by atoms with E-state index in [9.17, 15) is 27.2 Å². The van der Waals surface area contributed by atoms with Crippen LogP contribution in [0.3, 0.4) is 0 Å². The number of hydrogen-bond acceptors (Lipinski definition) is 6. The van der Waals surface area contributed by atoms with Gasteiger partial charge >= 0.3 is 12.1 Å². The highest BCUT2D eigenvalue weighted by Crippen LogP contribution is 2.36. The lowest BCUT2D eigenvalue weighted by molar-refractivity contribution is -0.159. The van der Waals surface area contributed by atoms with Gasteiger partial charge in [0.1, 0.15) is 23.6 Å². The Balaban J connectivity index is 1.67. The van der Waals surface area contributed by atoms with Crippen LogP contribution in [0.2, 0.25) is 0 Å². The zero-order valence-electron chi connectivity index (χ0n) is 16.5. The number of fused-ring (bicyclic) bond motifs is 1. The molecule has 2 aliphatic heterocycles. The Labute approximate surface area is 173 Å². The first-order valence-corrected chi connectivity index (χ1v) is 9.46. The van der Waals surface area contributed by atoms with Gasteiger partial charge in [-0.05, 0) is 32.4 Å². The lowest BCUT2D eigenvalue weighted by Crippen LogP contribution is -2.50. The topological polar surface area (TPSA) is 97.6 Å². The van der Waals surface area contributed by atoms with Crippen LogP contribution in [0.4, 0.5) is 17.6 Å². The minimum Gasteiger partial charge on any atom is -0.491 e. The second-order valence-electron chi connectivity index (χ2n) is 7.79. The highest BCUT2D eigenvalue weighted by Gasteiger charge is 2.48. The third kappa shape index (κ3) is 3.59. The predicted molar refractivity (Wildman–Crippen MR) is 95.9 cm³/mol. The summed E-state index contributed by atoms with van der Waals surface area (Å²) in [6.07, 6.45) is -4.51. The Kier molecular flexibility index (Phi) is 4.90. The first-order chi connectivity index (χ1) is 14.5. The molecule has 2 amide bonds. The molecule has 1 fully saturated rings. The van der Waals surface area contributed by atoms with Crippen molar-refractivity contribution >= 4 is 11.8 Å². The van der Waals surface area contributed by atoms with Gasteiger partial charge in [-0.1, -0.05) is 5.16 Å². The third-order valence-corrected chi connectivity index (χ3v) is 5.57. The van der Waals surface area contributed by atoms with Gasteiger partial charge in [0, 0.05) is 17.7 Å². The quantitative estimate of drug-likeness (QED) is 0.567. The maximum Gasteiger partial charge on any atom is 0.471 e. The van der Waals surface area contributed by atoms with Gasteiger partial charge in [-0.3, -0.25) is 9.59 Å². The molecule has 4 rings (SSSR count). The zero-order valence-corrected chi connectivity index (χ0v) is 16.5. The second kappa shape index (κ2) is 7.20. The molecular weight excluding hydrogens is 424 g/mol. The molecule has 1 saturated heterocycles. The molecule has 0 bridgehead atoms. The molecule has 12 heteroatoms. The first kappa shape index (κ1) is 21.1. The van der Waals surface area contributed by atoms with Crippen LogP contribution in [0, 0.1) is 11.2 Å². The van der Waals surface area contributed by atoms with Gasteiger partial charge in [-0.2, -0.15) is 18.2 Å². The number of hydrogen-bond donors (Lipinski definition) is 1. The second-order valence-corrected chi connectivity index (χ2v) is 7.79. The van der Waals surface area contributed by atoms with E-state index in [2.05, 4.69) is 20.0 Å². The largest absolute Gasteiger partial charge is 0.491 e. The average Bonchev–Trinajstić information content (AvgIpc) is 3.28. The standard InChI is InChI=1S/C19H18F4N4O4/c1-9-8-30-13-6-10(14-25-16(31-26-14)19(21,22)23)5-12(20)11(13)7-27(9)17(29)18(2)3-4-24-15(18)28/h5-6,9H,3-4,7-8H2,1-2H3,(H,24,28)/t9-,18-/m0/s1. The molecule has 2 atom stereocenters. The molecule has 31 heavy (non-hydrogen) atoms. The summed E-state index contributed by atoms with van der Waals surface area (Å²) in [4.78, 5) is 30.0. The molecule has 8 nitrogen and oxygen atoms in total. The Morgan fingerprint density at radius 3 is 2.71 bits per heavy atom. The van der Waals surface area contributed by atoms with E-state index < -0.39 is 41.1 Å². The highest BCUT2D eigenvalue weighted by atomic mass is 19.4. The zero-order chi connectivity index (χ0) is 22.6. The van der Waals surface area contributed by atoms with E-state index >= 15 is 0 Å². The SMILES string of the molecule is C[C@H]1COc2cc(-c3noc(C(F)(F)F)n3)cc(F)c2CN1C(=O)[C@@]1(C)CCNC1=O. The van der Waals surface area contributed by atoms with E-state index in [0.29, 0.717) is 13.0 Å². The number of aromatic nitrogens is 2. The maximum absolute atomic E-state index is 14.9. The van der Waals surface area contributed by atoms with Crippen LogP contribution >= 0.6 is 0 Å². The Morgan fingerprint density at radius 2 is 2.10 bits per heavy atom. The van der Waals surface area contributed by atoms with E-state index in [4.69, 9.17) is 4.74 Å². The number of carbonyl (C=O) groups excluding carboxylic acids is 2. The van der Waals surface area contributed by atoms with Crippen molar-refractivity contribution < 1.29 is 36.4 Å². The number of nitrogens with one attached hydrogen (secondary N) is 1. The summed E-state index contributed by atoms with van der Waals surface area (Å²) >= 11 is 0. The number of amides is 2. The van der Waals surface area contributed by atoms with E-state index in [-0.39, 0.29) is 35.9 Å². The summed E-state index contributed by atoms with van der Waals surface area (Å²) in [6.45, 7) is 3.46. The van der Waals surface area contributed by atoms with Gasteiger partial charge in [0.05, 0.1) is 12.6 Å². The fourth-order valence-electron chi connectivity index (χ4n) is 3.63. The van der Waals surface area contributed by atoms with Crippen molar-refractivity contribution in [2.45, 2.75) is 39.0 Å². The summed E-state index contributed by atoms with van der Waals surface area (Å²) in [6, 6.07) is 1.78. The van der Waals surface area contributed by atoms with Crippen LogP contribution in [0.25, 0.3) is 11.4 Å². The molecule has 0 saturated carbocycles. The lowest BCUT2D eigenvalue weighted by Gasteiger charge is -2.32. The van der Waals surface area contributed by atoms with Crippen LogP contribution in [0.5, 0.6) is 5.75 Å². The number of alkyl halides is 3. The summed E-state index contributed by atoms with van der Waals surface area (Å²) in [7, 11) is 0. The minimum absolute atomic E-state index is 0.000618. The maximum atomic E-state index is 14.9. The predicted octanol–water partition coefficient (Wildman–Crippen LogP) is 2.53. The molecule has 2 aromatic rings. The van der Waals surface area contributed by atoms with E-state index in [1.54, 1.807) is 13.8 Å². The number of ether oxygens (including phenoxy) is 1. The minimum atomic E-state index is -4.83. The van der Waals surface area contributed by atoms with E-state index in [0.717, 1.165) is 6.07 Å². The van der Waals surface area contributed by atoms with Gasteiger partial charge in [0.15, 0.2) is 0 Å². The fourth-order valence-corrected chi connectivity index (χ4v) is 3.63. The molecular formula is C19H18F4N4O4. The van der Waals surface area contributed by atoms with Crippen molar-refractivity contribution in [3.05, 3.63) is 29.4 Å². The molecule has 0 radical (unpaired) electrons. The van der Waals surface area contributed by atoms with Gasteiger partial charge in [-0.15, -0.1) is 0 Å². The van der Waals surface area contributed by atoms with E-state index in [1.165, 1.54) is 11.0 Å². The molecule has 3 heterocycles. The van der Waals surface area contributed by atoms with Crippen LogP contribution in [-0.4, -0.2) is 46.0 Å². The van der Waals surface area contributed by atoms with Crippen molar-refractivity contribution in [1.29, 1.82) is 0 Å². The third-order valence-electron chi connectivity index (χ3n) is 5.57. The monoisotopic (exact) mass is 442 g/mol. The van der Waals surface area contributed by atoms with E-state index in [1.807, 2.05) is 0 Å². The number of rotatable bonds is 2. The smallest absolute Gasteiger partial charge is 0.471 e. The normalized spacial score (nSPS) is 23.7. The Morgan fingerprint density at radius 1 is 1.35 bits per heavy atom. The molecule has 1 N–H and O–H groups in total. The number of carbonyl (C=O) groups is 2. The van der Waals surface area contributed by atoms with Crippen molar-refractivity contribution in [2.24, 2.45) is 5.41 Å². The van der Waals surface area contributed by atoms with Gasteiger partial charge < -0.3 is 19.5 Å². The van der Waals surface area contributed by atoms with Crippen molar-refractivity contribution in [1.82, 2.24) is 20.4 Å². The molecule has 1 aromatic heterocycles. The number of nitrogens with zero attached hydrogens (tertiary/aromatic N) is 3. The van der Waals surface area contributed by atoms with Gasteiger partial charge in [-0.25, -0.2) is 4.39 Å². The van der Waals surface area contributed by atoms with Crippen LogP contribution < -0.4 is 10.1 Å². The highest BCUT2D eigenvalue weighted by molar-refractivity contribution is 6.06. The molecule has 2 aliphatic rings. The summed E-state index contributed by atoms with van der Waals surface area (Å²) in [5.41, 5.74) is -1.28.